The molecule has 1 atom stereocenters. The number of hydrogen-bond donors (Lipinski definition) is 2. The number of nitrogens with one attached hydrogen (secondary N) is 1. The molecule has 0 unspecified atom stereocenters. The Labute approximate surface area is 114 Å². The molecule has 0 radical (unpaired) electrons. The number of amides is 2. The second kappa shape index (κ2) is 5.57. The number of likely N-dealkylation sites (tertiary alicyclic amines) is 1. The number of carbonyl (C=O) groups is 2. The molecule has 0 aliphatic carbocycles. The van der Waals surface area contributed by atoms with Gasteiger partial charge in [-0.05, 0) is 31.0 Å². The second-order valence-corrected chi connectivity index (χ2v) is 4.43. The number of nitriles is 1. The normalized spacial score (nSPS) is 17.6. The zero-order chi connectivity index (χ0) is 14.7. The number of halogens is 1. The van der Waals surface area contributed by atoms with Gasteiger partial charge in [-0.25, -0.2) is 14.0 Å². The molecule has 1 aromatic carbocycles. The molecule has 0 bridgehead atoms. The molecule has 1 saturated heterocycles. The summed E-state index contributed by atoms with van der Waals surface area (Å²) < 4.78 is 13.6. The van der Waals surface area contributed by atoms with Crippen molar-refractivity contribution in [2.75, 3.05) is 11.9 Å². The number of aliphatic carboxylic acids is 1. The van der Waals surface area contributed by atoms with Crippen LogP contribution in [0.15, 0.2) is 18.2 Å². The van der Waals surface area contributed by atoms with Gasteiger partial charge in [0.05, 0.1) is 17.3 Å². The topological polar surface area (TPSA) is 93.4 Å². The van der Waals surface area contributed by atoms with E-state index in [4.69, 9.17) is 10.4 Å². The van der Waals surface area contributed by atoms with E-state index in [1.54, 1.807) is 6.07 Å². The lowest BCUT2D eigenvalue weighted by Gasteiger charge is -2.21. The van der Waals surface area contributed by atoms with Gasteiger partial charge in [0.25, 0.3) is 0 Å². The lowest BCUT2D eigenvalue weighted by molar-refractivity contribution is -0.141. The Morgan fingerprint density at radius 1 is 1.50 bits per heavy atom. The van der Waals surface area contributed by atoms with Crippen LogP contribution in [0, 0.1) is 17.1 Å². The molecule has 1 aromatic rings. The van der Waals surface area contributed by atoms with Crippen LogP contribution in [0.5, 0.6) is 0 Å². The minimum atomic E-state index is -1.07. The molecule has 2 N–H and O–H groups in total. The molecule has 1 heterocycles. The molecule has 1 aliphatic rings. The van der Waals surface area contributed by atoms with E-state index in [-0.39, 0.29) is 11.3 Å². The highest BCUT2D eigenvalue weighted by Gasteiger charge is 2.34. The third-order valence-corrected chi connectivity index (χ3v) is 3.14. The largest absolute Gasteiger partial charge is 0.480 e. The quantitative estimate of drug-likeness (QED) is 0.861. The number of hydrogen-bond acceptors (Lipinski definition) is 3. The van der Waals surface area contributed by atoms with Crippen molar-refractivity contribution in [1.29, 1.82) is 5.26 Å². The number of benzene rings is 1. The lowest BCUT2D eigenvalue weighted by Crippen LogP contribution is -2.42. The van der Waals surface area contributed by atoms with E-state index < -0.39 is 23.9 Å². The molecule has 0 spiro atoms. The zero-order valence-electron chi connectivity index (χ0n) is 10.5. The highest BCUT2D eigenvalue weighted by atomic mass is 19.1. The predicted octanol–water partition coefficient (Wildman–Crippen LogP) is 1.78. The average Bonchev–Trinajstić information content (AvgIpc) is 2.90. The maximum Gasteiger partial charge on any atom is 0.326 e. The van der Waals surface area contributed by atoms with Gasteiger partial charge in [-0.1, -0.05) is 0 Å². The van der Waals surface area contributed by atoms with Gasteiger partial charge in [0, 0.05) is 6.54 Å². The SMILES string of the molecule is N#Cc1ccc(NC(=O)N2CCC[C@@H]2C(=O)O)c(F)c1. The first kappa shape index (κ1) is 13.8. The Balaban J connectivity index is 2.12. The summed E-state index contributed by atoms with van der Waals surface area (Å²) in [6.07, 6.45) is 0.985. The van der Waals surface area contributed by atoms with E-state index in [9.17, 15) is 14.0 Å². The van der Waals surface area contributed by atoms with Crippen molar-refractivity contribution in [2.45, 2.75) is 18.9 Å². The van der Waals surface area contributed by atoms with Crippen LogP contribution in [0.3, 0.4) is 0 Å². The fourth-order valence-electron chi connectivity index (χ4n) is 2.14. The van der Waals surface area contributed by atoms with Crippen molar-refractivity contribution in [3.05, 3.63) is 29.6 Å². The first-order valence-electron chi connectivity index (χ1n) is 6.03. The van der Waals surface area contributed by atoms with Gasteiger partial charge >= 0.3 is 12.0 Å². The van der Waals surface area contributed by atoms with Crippen LogP contribution in [0.4, 0.5) is 14.9 Å². The molecule has 1 fully saturated rings. The van der Waals surface area contributed by atoms with Crippen molar-refractivity contribution < 1.29 is 19.1 Å². The third kappa shape index (κ3) is 2.69. The van der Waals surface area contributed by atoms with E-state index in [2.05, 4.69) is 5.32 Å². The highest BCUT2D eigenvalue weighted by Crippen LogP contribution is 2.21. The fraction of sp³-hybridized carbons (Fsp3) is 0.308. The van der Waals surface area contributed by atoms with Crippen LogP contribution in [-0.4, -0.2) is 34.6 Å². The number of rotatable bonds is 2. The summed E-state index contributed by atoms with van der Waals surface area (Å²) >= 11 is 0. The molecule has 7 heteroatoms. The monoisotopic (exact) mass is 277 g/mol. The van der Waals surface area contributed by atoms with Crippen LogP contribution in [-0.2, 0) is 4.79 Å². The Kier molecular flexibility index (Phi) is 3.84. The van der Waals surface area contributed by atoms with Crippen LogP contribution in [0.2, 0.25) is 0 Å². The Morgan fingerprint density at radius 2 is 2.25 bits per heavy atom. The van der Waals surface area contributed by atoms with Crippen LogP contribution in [0.1, 0.15) is 18.4 Å². The number of carbonyl (C=O) groups excluding carboxylic acids is 1. The summed E-state index contributed by atoms with van der Waals surface area (Å²) in [6.45, 7) is 0.320. The van der Waals surface area contributed by atoms with E-state index in [1.807, 2.05) is 0 Å². The zero-order valence-corrected chi connectivity index (χ0v) is 10.5. The Hall–Kier alpha value is -2.62. The highest BCUT2D eigenvalue weighted by molar-refractivity contribution is 5.92. The van der Waals surface area contributed by atoms with Crippen molar-refractivity contribution >= 4 is 17.7 Å². The second-order valence-electron chi connectivity index (χ2n) is 4.43. The predicted molar refractivity (Wildman–Crippen MR) is 67.5 cm³/mol. The maximum absolute atomic E-state index is 13.6. The molecule has 6 nitrogen and oxygen atoms in total. The summed E-state index contributed by atoms with van der Waals surface area (Å²) in [5.41, 5.74) is 0.0649. The van der Waals surface area contributed by atoms with Gasteiger partial charge < -0.3 is 15.3 Å². The molecular formula is C13H12FN3O3. The van der Waals surface area contributed by atoms with E-state index >= 15 is 0 Å². The van der Waals surface area contributed by atoms with Gasteiger partial charge in [-0.15, -0.1) is 0 Å². The van der Waals surface area contributed by atoms with Crippen LogP contribution >= 0.6 is 0 Å². The molecule has 0 saturated carbocycles. The lowest BCUT2D eigenvalue weighted by atomic mass is 10.2. The summed E-state index contributed by atoms with van der Waals surface area (Å²) in [4.78, 5) is 24.1. The van der Waals surface area contributed by atoms with E-state index in [1.165, 1.54) is 17.0 Å². The number of urea groups is 1. The summed E-state index contributed by atoms with van der Waals surface area (Å²) in [7, 11) is 0. The number of carboxylic acids is 1. The first-order chi connectivity index (χ1) is 9.52. The molecule has 2 rings (SSSR count). The first-order valence-corrected chi connectivity index (χ1v) is 6.03. The molecule has 2 amide bonds. The standard InChI is InChI=1S/C13H12FN3O3/c14-9-6-8(7-15)3-4-10(9)16-13(20)17-5-1-2-11(17)12(18)19/h3-4,6,11H,1-2,5H2,(H,16,20)(H,18,19)/t11-/m1/s1. The van der Waals surface area contributed by atoms with Gasteiger partial charge in [0.2, 0.25) is 0 Å². The van der Waals surface area contributed by atoms with Crippen LogP contribution < -0.4 is 5.32 Å². The Bertz CT molecular complexity index is 597. The van der Waals surface area contributed by atoms with Crippen LogP contribution in [0.25, 0.3) is 0 Å². The number of anilines is 1. The van der Waals surface area contributed by atoms with Crippen molar-refractivity contribution in [1.82, 2.24) is 4.90 Å². The van der Waals surface area contributed by atoms with Gasteiger partial charge in [0.1, 0.15) is 11.9 Å². The molecule has 1 aliphatic heterocycles. The van der Waals surface area contributed by atoms with Gasteiger partial charge in [-0.2, -0.15) is 5.26 Å². The summed E-state index contributed by atoms with van der Waals surface area (Å²) in [6, 6.07) is 3.91. The molecule has 0 aromatic heterocycles. The van der Waals surface area contributed by atoms with E-state index in [0.717, 1.165) is 6.07 Å². The molecular weight excluding hydrogens is 265 g/mol. The third-order valence-electron chi connectivity index (χ3n) is 3.14. The fourth-order valence-corrected chi connectivity index (χ4v) is 2.14. The molecule has 104 valence electrons. The minimum Gasteiger partial charge on any atom is -0.480 e. The minimum absolute atomic E-state index is 0.0787. The van der Waals surface area contributed by atoms with Crippen molar-refractivity contribution in [3.8, 4) is 6.07 Å². The summed E-state index contributed by atoms with van der Waals surface area (Å²) in [5.74, 6) is -1.80. The van der Waals surface area contributed by atoms with Crippen molar-refractivity contribution in [3.63, 3.8) is 0 Å². The molecule has 20 heavy (non-hydrogen) atoms. The van der Waals surface area contributed by atoms with E-state index in [0.29, 0.717) is 19.4 Å². The van der Waals surface area contributed by atoms with Gasteiger partial charge in [-0.3, -0.25) is 0 Å². The average molecular weight is 277 g/mol. The smallest absolute Gasteiger partial charge is 0.326 e. The number of carboxylic acid groups (broad SMARTS) is 1. The number of nitrogens with zero attached hydrogens (tertiary/aromatic N) is 2. The maximum atomic E-state index is 13.6. The van der Waals surface area contributed by atoms with Gasteiger partial charge in [0.15, 0.2) is 0 Å². The summed E-state index contributed by atoms with van der Waals surface area (Å²) in [5, 5.41) is 19.9. The van der Waals surface area contributed by atoms with Crippen molar-refractivity contribution in [2.24, 2.45) is 0 Å². The Morgan fingerprint density at radius 3 is 2.85 bits per heavy atom.